The summed E-state index contributed by atoms with van der Waals surface area (Å²) >= 11 is 1.74. The summed E-state index contributed by atoms with van der Waals surface area (Å²) in [6.45, 7) is 5.36. The van der Waals surface area contributed by atoms with Gasteiger partial charge in [-0.1, -0.05) is 18.2 Å². The van der Waals surface area contributed by atoms with Crippen LogP contribution < -0.4 is 0 Å². The zero-order valence-electron chi connectivity index (χ0n) is 14.6. The Morgan fingerprint density at radius 2 is 1.92 bits per heavy atom. The Kier molecular flexibility index (Phi) is 4.79. The number of aromatic nitrogens is 1. The fraction of sp³-hybridized carbons (Fsp3) is 0.316. The first kappa shape index (κ1) is 17.6. The predicted molar refractivity (Wildman–Crippen MR) is 105 cm³/mol. The highest BCUT2D eigenvalue weighted by atomic mass is 32.2. The maximum Gasteiger partial charge on any atom is 0.245 e. The van der Waals surface area contributed by atoms with E-state index in [-0.39, 0.29) is 0 Å². The summed E-state index contributed by atoms with van der Waals surface area (Å²) in [5, 5.41) is 2.94. The Bertz CT molecular complexity index is 1010. The zero-order valence-corrected chi connectivity index (χ0v) is 16.3. The van der Waals surface area contributed by atoms with Crippen molar-refractivity contribution in [1.29, 1.82) is 0 Å². The van der Waals surface area contributed by atoms with Gasteiger partial charge in [-0.05, 0) is 36.1 Å². The molecule has 1 aliphatic rings. The van der Waals surface area contributed by atoms with Gasteiger partial charge in [0.15, 0.2) is 0 Å². The number of para-hydroxylation sites is 1. The minimum atomic E-state index is -3.54. The fourth-order valence-electron chi connectivity index (χ4n) is 3.34. The maximum absolute atomic E-state index is 13.2. The summed E-state index contributed by atoms with van der Waals surface area (Å²) in [4.78, 5) is 8.32. The van der Waals surface area contributed by atoms with Crippen molar-refractivity contribution in [3.63, 3.8) is 0 Å². The van der Waals surface area contributed by atoms with Crippen molar-refractivity contribution in [3.05, 3.63) is 58.4 Å². The van der Waals surface area contributed by atoms with Gasteiger partial charge in [-0.3, -0.25) is 9.88 Å². The smallest absolute Gasteiger partial charge is 0.245 e. The molecular formula is C19H21N3O2S2. The highest BCUT2D eigenvalue weighted by Gasteiger charge is 2.30. The number of aryl methyl sites for hydroxylation is 1. The van der Waals surface area contributed by atoms with E-state index in [1.54, 1.807) is 34.0 Å². The van der Waals surface area contributed by atoms with Gasteiger partial charge in [-0.25, -0.2) is 8.42 Å². The Labute approximate surface area is 157 Å². The van der Waals surface area contributed by atoms with Crippen molar-refractivity contribution in [2.45, 2.75) is 18.4 Å². The number of thiophene rings is 1. The zero-order chi connectivity index (χ0) is 18.1. The molecule has 0 N–H and O–H groups in total. The highest BCUT2D eigenvalue weighted by molar-refractivity contribution is 7.89. The van der Waals surface area contributed by atoms with E-state index in [9.17, 15) is 8.42 Å². The largest absolute Gasteiger partial charge is 0.296 e. The molecular weight excluding hydrogens is 366 g/mol. The Morgan fingerprint density at radius 1 is 1.12 bits per heavy atom. The molecule has 1 aliphatic heterocycles. The third-order valence-electron chi connectivity index (χ3n) is 4.72. The van der Waals surface area contributed by atoms with Crippen LogP contribution in [0.1, 0.15) is 10.4 Å². The van der Waals surface area contributed by atoms with E-state index in [4.69, 9.17) is 0 Å². The molecule has 1 aromatic carbocycles. The van der Waals surface area contributed by atoms with Gasteiger partial charge in [0.05, 0.1) is 5.52 Å². The molecule has 26 heavy (non-hydrogen) atoms. The van der Waals surface area contributed by atoms with E-state index in [0.29, 0.717) is 23.5 Å². The molecule has 7 heteroatoms. The second-order valence-corrected chi connectivity index (χ2v) is 9.54. The lowest BCUT2D eigenvalue weighted by Crippen LogP contribution is -2.48. The molecule has 1 saturated heterocycles. The van der Waals surface area contributed by atoms with E-state index in [0.717, 1.165) is 30.6 Å². The molecule has 1 fully saturated rings. The van der Waals surface area contributed by atoms with Crippen LogP contribution in [0.4, 0.5) is 0 Å². The predicted octanol–water partition coefficient (Wildman–Crippen LogP) is 3.11. The Hall–Kier alpha value is -1.80. The molecule has 0 radical (unpaired) electrons. The lowest BCUT2D eigenvalue weighted by Gasteiger charge is -2.33. The molecule has 4 rings (SSSR count). The van der Waals surface area contributed by atoms with Crippen molar-refractivity contribution in [3.8, 4) is 0 Å². The van der Waals surface area contributed by atoms with Gasteiger partial charge >= 0.3 is 0 Å². The van der Waals surface area contributed by atoms with Crippen LogP contribution in [-0.2, 0) is 16.6 Å². The first-order chi connectivity index (χ1) is 12.5. The van der Waals surface area contributed by atoms with Gasteiger partial charge in [0.2, 0.25) is 10.0 Å². The van der Waals surface area contributed by atoms with Gasteiger partial charge in [0, 0.05) is 49.2 Å². The van der Waals surface area contributed by atoms with Gasteiger partial charge in [0.1, 0.15) is 4.90 Å². The molecule has 136 valence electrons. The topological polar surface area (TPSA) is 53.5 Å². The number of benzene rings is 1. The van der Waals surface area contributed by atoms with Crippen molar-refractivity contribution in [2.24, 2.45) is 0 Å². The molecule has 2 aromatic heterocycles. The molecule has 0 spiro atoms. The van der Waals surface area contributed by atoms with Crippen LogP contribution in [0.2, 0.25) is 0 Å². The average molecular weight is 388 g/mol. The second-order valence-electron chi connectivity index (χ2n) is 6.60. The third kappa shape index (κ3) is 3.40. The second kappa shape index (κ2) is 7.08. The van der Waals surface area contributed by atoms with Crippen molar-refractivity contribution >= 4 is 32.3 Å². The Morgan fingerprint density at radius 3 is 2.65 bits per heavy atom. The molecule has 5 nitrogen and oxygen atoms in total. The summed E-state index contributed by atoms with van der Waals surface area (Å²) in [6.07, 6.45) is 1.72. The number of hydrogen-bond donors (Lipinski definition) is 0. The average Bonchev–Trinajstić information content (AvgIpc) is 3.14. The van der Waals surface area contributed by atoms with Gasteiger partial charge < -0.3 is 0 Å². The van der Waals surface area contributed by atoms with E-state index in [2.05, 4.69) is 27.4 Å². The van der Waals surface area contributed by atoms with Gasteiger partial charge in [0.25, 0.3) is 0 Å². The molecule has 3 aromatic rings. The van der Waals surface area contributed by atoms with E-state index < -0.39 is 10.0 Å². The molecule has 0 amide bonds. The van der Waals surface area contributed by atoms with Crippen LogP contribution in [0, 0.1) is 6.92 Å². The van der Waals surface area contributed by atoms with Crippen molar-refractivity contribution in [2.75, 3.05) is 26.2 Å². The third-order valence-corrected chi connectivity index (χ3v) is 7.51. The number of fused-ring (bicyclic) bond motifs is 1. The molecule has 0 unspecified atom stereocenters. The fourth-order valence-corrected chi connectivity index (χ4v) is 5.67. The standard InChI is InChI=1S/C19H21N3O2S2/c1-15-12-16-4-2-6-18(19(16)20-13-15)26(23,24)22-9-7-21(8-10-22)14-17-5-3-11-25-17/h2-6,11-13H,7-10,14H2,1H3. The van der Waals surface area contributed by atoms with Crippen LogP contribution >= 0.6 is 11.3 Å². The minimum Gasteiger partial charge on any atom is -0.296 e. The summed E-state index contributed by atoms with van der Waals surface area (Å²) in [6, 6.07) is 11.5. The number of pyridine rings is 1. The summed E-state index contributed by atoms with van der Waals surface area (Å²) in [5.74, 6) is 0. The summed E-state index contributed by atoms with van der Waals surface area (Å²) in [5.41, 5.74) is 1.58. The maximum atomic E-state index is 13.2. The van der Waals surface area contributed by atoms with Gasteiger partial charge in [-0.2, -0.15) is 4.31 Å². The van der Waals surface area contributed by atoms with Crippen LogP contribution in [0.25, 0.3) is 10.9 Å². The molecule has 0 bridgehead atoms. The van der Waals surface area contributed by atoms with Crippen molar-refractivity contribution in [1.82, 2.24) is 14.2 Å². The SMILES string of the molecule is Cc1cnc2c(S(=O)(=O)N3CCN(Cc4cccs4)CC3)cccc2c1. The Balaban J connectivity index is 1.55. The number of hydrogen-bond acceptors (Lipinski definition) is 5. The molecule has 0 atom stereocenters. The van der Waals surface area contributed by atoms with Gasteiger partial charge in [-0.15, -0.1) is 11.3 Å². The molecule has 0 aliphatic carbocycles. The van der Waals surface area contributed by atoms with Crippen molar-refractivity contribution < 1.29 is 8.42 Å². The van der Waals surface area contributed by atoms with Crippen LogP contribution in [0.3, 0.4) is 0 Å². The molecule has 0 saturated carbocycles. The number of nitrogens with zero attached hydrogens (tertiary/aromatic N) is 3. The first-order valence-corrected chi connectivity index (χ1v) is 11.0. The minimum absolute atomic E-state index is 0.307. The van der Waals surface area contributed by atoms with Crippen LogP contribution in [-0.4, -0.2) is 48.8 Å². The van der Waals surface area contributed by atoms with Crippen LogP contribution in [0.15, 0.2) is 52.9 Å². The molecule has 3 heterocycles. The van der Waals surface area contributed by atoms with E-state index >= 15 is 0 Å². The number of piperazine rings is 1. The lowest BCUT2D eigenvalue weighted by molar-refractivity contribution is 0.183. The number of rotatable bonds is 4. The van der Waals surface area contributed by atoms with E-state index in [1.807, 2.05) is 19.1 Å². The summed E-state index contributed by atoms with van der Waals surface area (Å²) in [7, 11) is -3.54. The van der Waals surface area contributed by atoms with Crippen LogP contribution in [0.5, 0.6) is 0 Å². The number of sulfonamides is 1. The summed E-state index contributed by atoms with van der Waals surface area (Å²) < 4.78 is 28.0. The monoisotopic (exact) mass is 387 g/mol. The highest BCUT2D eigenvalue weighted by Crippen LogP contribution is 2.26. The quantitative estimate of drug-likeness (QED) is 0.690. The first-order valence-electron chi connectivity index (χ1n) is 8.64. The lowest BCUT2D eigenvalue weighted by atomic mass is 10.2. The normalized spacial score (nSPS) is 17.0. The van der Waals surface area contributed by atoms with E-state index in [1.165, 1.54) is 4.88 Å².